The maximum atomic E-state index is 6.27. The predicted octanol–water partition coefficient (Wildman–Crippen LogP) is 6.87. The monoisotopic (exact) mass is 395 g/mol. The second-order valence-electron chi connectivity index (χ2n) is 8.87. The number of aromatic nitrogens is 1. The number of allylic oxidation sites excluding steroid dienone is 3. The van der Waals surface area contributed by atoms with Gasteiger partial charge in [-0.25, -0.2) is 0 Å². The highest BCUT2D eigenvalue weighted by Gasteiger charge is 2.39. The van der Waals surface area contributed by atoms with E-state index in [-0.39, 0.29) is 0 Å². The van der Waals surface area contributed by atoms with Crippen LogP contribution in [0.1, 0.15) is 95.4 Å². The van der Waals surface area contributed by atoms with Gasteiger partial charge < -0.3 is 5.73 Å². The average molecular weight is 396 g/mol. The molecular formula is C26H41N3. The van der Waals surface area contributed by atoms with E-state index < -0.39 is 0 Å². The van der Waals surface area contributed by atoms with Crippen molar-refractivity contribution in [3.63, 3.8) is 0 Å². The Hall–Kier alpha value is -1.90. The molecule has 1 fully saturated rings. The molecule has 1 heterocycles. The first-order valence-electron chi connectivity index (χ1n) is 11.6. The minimum absolute atomic E-state index is 0.353. The molecule has 1 aromatic rings. The molecule has 2 N–H and O–H groups in total. The van der Waals surface area contributed by atoms with Gasteiger partial charge in [-0.05, 0) is 60.8 Å². The normalized spacial score (nSPS) is 20.1. The molecule has 0 aliphatic heterocycles. The van der Waals surface area contributed by atoms with Crippen LogP contribution in [0.3, 0.4) is 0 Å². The van der Waals surface area contributed by atoms with Gasteiger partial charge in [0.15, 0.2) is 0 Å². The standard InChI is InChI=1S/C26H41N3/c1-6-8-10-12-22-15-23(22)26-20(5)14-21(17-29-26)16-28-18-24(19(3)4)25(27)13-11-9-7-2/h11,13-14,17-19,22-23H,6-10,12,15-16,27H2,1-5H3/b13-11-,25-24?,28-18?. The van der Waals surface area contributed by atoms with Crippen LogP contribution in [-0.4, -0.2) is 11.2 Å². The van der Waals surface area contributed by atoms with E-state index in [1.165, 1.54) is 48.9 Å². The summed E-state index contributed by atoms with van der Waals surface area (Å²) in [6.45, 7) is 11.6. The minimum Gasteiger partial charge on any atom is -0.398 e. The molecule has 0 saturated heterocycles. The van der Waals surface area contributed by atoms with Gasteiger partial charge in [0.2, 0.25) is 0 Å². The van der Waals surface area contributed by atoms with Gasteiger partial charge in [0.05, 0.1) is 6.54 Å². The zero-order chi connectivity index (χ0) is 21.2. The van der Waals surface area contributed by atoms with E-state index in [0.717, 1.165) is 30.0 Å². The first-order valence-corrected chi connectivity index (χ1v) is 11.6. The van der Waals surface area contributed by atoms with Crippen molar-refractivity contribution in [3.05, 3.63) is 52.5 Å². The summed E-state index contributed by atoms with van der Waals surface area (Å²) in [5, 5.41) is 0. The molecule has 160 valence electrons. The lowest BCUT2D eigenvalue weighted by Crippen LogP contribution is -2.07. The average Bonchev–Trinajstić information content (AvgIpc) is 3.44. The van der Waals surface area contributed by atoms with Crippen molar-refractivity contribution in [2.24, 2.45) is 22.6 Å². The van der Waals surface area contributed by atoms with Crippen LogP contribution in [0.25, 0.3) is 0 Å². The maximum absolute atomic E-state index is 6.27. The highest BCUT2D eigenvalue weighted by molar-refractivity contribution is 5.80. The third-order valence-electron chi connectivity index (χ3n) is 5.84. The molecule has 2 unspecified atom stereocenters. The summed E-state index contributed by atoms with van der Waals surface area (Å²) < 4.78 is 0. The van der Waals surface area contributed by atoms with Crippen molar-refractivity contribution in [1.82, 2.24) is 4.98 Å². The van der Waals surface area contributed by atoms with E-state index >= 15 is 0 Å². The minimum atomic E-state index is 0.353. The van der Waals surface area contributed by atoms with E-state index in [1.54, 1.807) is 0 Å². The quantitative estimate of drug-likeness (QED) is 0.238. The summed E-state index contributed by atoms with van der Waals surface area (Å²) in [5.74, 6) is 1.90. The Morgan fingerprint density at radius 1 is 1.28 bits per heavy atom. The number of hydrogen-bond acceptors (Lipinski definition) is 3. The lowest BCUT2D eigenvalue weighted by Gasteiger charge is -2.09. The number of pyridine rings is 1. The van der Waals surface area contributed by atoms with Gasteiger partial charge in [-0.1, -0.05) is 65.5 Å². The van der Waals surface area contributed by atoms with Crippen LogP contribution < -0.4 is 5.73 Å². The number of hydrogen-bond donors (Lipinski definition) is 1. The molecule has 2 rings (SSSR count). The summed E-state index contributed by atoms with van der Waals surface area (Å²) in [7, 11) is 0. The first kappa shape index (κ1) is 23.4. The zero-order valence-corrected chi connectivity index (χ0v) is 19.2. The maximum Gasteiger partial charge on any atom is 0.0654 e. The number of nitrogens with zero attached hydrogens (tertiary/aromatic N) is 2. The summed E-state index contributed by atoms with van der Waals surface area (Å²) in [5.41, 5.74) is 12.0. The Morgan fingerprint density at radius 2 is 2.07 bits per heavy atom. The predicted molar refractivity (Wildman–Crippen MR) is 126 cm³/mol. The highest BCUT2D eigenvalue weighted by atomic mass is 14.8. The van der Waals surface area contributed by atoms with E-state index in [1.807, 2.05) is 18.5 Å². The fraction of sp³-hybridized carbons (Fsp3) is 0.615. The molecule has 2 atom stereocenters. The van der Waals surface area contributed by atoms with Gasteiger partial charge in [0, 0.05) is 29.7 Å². The first-order chi connectivity index (χ1) is 14.0. The summed E-state index contributed by atoms with van der Waals surface area (Å²) in [6, 6.07) is 2.27. The largest absolute Gasteiger partial charge is 0.398 e. The molecule has 1 aliphatic carbocycles. The fourth-order valence-electron chi connectivity index (χ4n) is 3.96. The molecule has 3 nitrogen and oxygen atoms in total. The smallest absolute Gasteiger partial charge is 0.0654 e. The van der Waals surface area contributed by atoms with E-state index in [2.05, 4.69) is 51.8 Å². The lowest BCUT2D eigenvalue weighted by molar-refractivity contribution is 0.607. The SMILES string of the molecule is CCC/C=C\C(N)=C(C=NCc1cnc(C2CC2CCCCC)c(C)c1)C(C)C. The molecule has 1 saturated carbocycles. The summed E-state index contributed by atoms with van der Waals surface area (Å²) in [4.78, 5) is 9.49. The summed E-state index contributed by atoms with van der Waals surface area (Å²) >= 11 is 0. The van der Waals surface area contributed by atoms with Crippen molar-refractivity contribution in [2.75, 3.05) is 0 Å². The number of rotatable bonds is 12. The molecule has 0 aromatic carbocycles. The van der Waals surface area contributed by atoms with Crippen molar-refractivity contribution < 1.29 is 0 Å². The van der Waals surface area contributed by atoms with Gasteiger partial charge in [0.1, 0.15) is 0 Å². The molecule has 3 heteroatoms. The van der Waals surface area contributed by atoms with Crippen LogP contribution in [0.4, 0.5) is 0 Å². The molecule has 1 aromatic heterocycles. The van der Waals surface area contributed by atoms with Crippen LogP contribution in [0, 0.1) is 18.8 Å². The Bertz CT molecular complexity index is 727. The molecule has 0 spiro atoms. The molecule has 0 amide bonds. The Balaban J connectivity index is 1.96. The van der Waals surface area contributed by atoms with Gasteiger partial charge in [-0.3, -0.25) is 9.98 Å². The molecule has 29 heavy (non-hydrogen) atoms. The third kappa shape index (κ3) is 7.45. The topological polar surface area (TPSA) is 51.3 Å². The molecule has 1 aliphatic rings. The van der Waals surface area contributed by atoms with Crippen molar-refractivity contribution in [1.29, 1.82) is 0 Å². The van der Waals surface area contributed by atoms with E-state index in [4.69, 9.17) is 10.7 Å². The lowest BCUT2D eigenvalue weighted by atomic mass is 10.0. The van der Waals surface area contributed by atoms with Crippen LogP contribution >= 0.6 is 0 Å². The number of aliphatic imine (C=N–C) groups is 1. The van der Waals surface area contributed by atoms with Crippen LogP contribution in [0.15, 0.2) is 40.7 Å². The van der Waals surface area contributed by atoms with Gasteiger partial charge in [-0.2, -0.15) is 0 Å². The Labute approximate surface area is 178 Å². The zero-order valence-electron chi connectivity index (χ0n) is 19.2. The van der Waals surface area contributed by atoms with E-state index in [9.17, 15) is 0 Å². The second-order valence-corrected chi connectivity index (χ2v) is 8.87. The number of aryl methyl sites for hydroxylation is 1. The van der Waals surface area contributed by atoms with E-state index in [0.29, 0.717) is 18.4 Å². The molecule has 0 radical (unpaired) electrons. The van der Waals surface area contributed by atoms with Crippen LogP contribution in [-0.2, 0) is 6.54 Å². The second kappa shape index (κ2) is 11.9. The number of nitrogens with two attached hydrogens (primary N) is 1. The van der Waals surface area contributed by atoms with Crippen LogP contribution in [0.2, 0.25) is 0 Å². The van der Waals surface area contributed by atoms with Crippen molar-refractivity contribution >= 4 is 6.21 Å². The van der Waals surface area contributed by atoms with Crippen LogP contribution in [0.5, 0.6) is 0 Å². The highest BCUT2D eigenvalue weighted by Crippen LogP contribution is 2.50. The molecule has 0 bridgehead atoms. The number of unbranched alkanes of at least 4 members (excludes halogenated alkanes) is 3. The van der Waals surface area contributed by atoms with Gasteiger partial charge >= 0.3 is 0 Å². The van der Waals surface area contributed by atoms with Gasteiger partial charge in [0.25, 0.3) is 0 Å². The van der Waals surface area contributed by atoms with Crippen molar-refractivity contribution in [3.8, 4) is 0 Å². The molecular weight excluding hydrogens is 354 g/mol. The Kier molecular flexibility index (Phi) is 9.63. The third-order valence-corrected chi connectivity index (χ3v) is 5.84. The summed E-state index contributed by atoms with van der Waals surface area (Å²) in [6.07, 6.45) is 17.0. The van der Waals surface area contributed by atoms with Crippen molar-refractivity contribution in [2.45, 2.75) is 92.0 Å². The van der Waals surface area contributed by atoms with Gasteiger partial charge in [-0.15, -0.1) is 0 Å². The Morgan fingerprint density at radius 3 is 2.72 bits per heavy atom. The fourth-order valence-corrected chi connectivity index (χ4v) is 3.96.